The lowest BCUT2D eigenvalue weighted by Crippen LogP contribution is -2.26. The fraction of sp³-hybridized carbons (Fsp3) is 0.400. The zero-order chi connectivity index (χ0) is 14.8. The Labute approximate surface area is 131 Å². The number of aliphatic hydroxyl groups is 1. The molecule has 2 heterocycles. The molecule has 0 saturated carbocycles. The van der Waals surface area contributed by atoms with E-state index in [-0.39, 0.29) is 6.10 Å². The molecule has 0 aliphatic carbocycles. The van der Waals surface area contributed by atoms with E-state index in [1.165, 1.54) is 0 Å². The monoisotopic (exact) mass is 352 g/mol. The molecule has 21 heavy (non-hydrogen) atoms. The van der Waals surface area contributed by atoms with E-state index >= 15 is 0 Å². The number of methoxy groups -OCH3 is 1. The molecule has 3 rings (SSSR count). The number of nitrogens with zero attached hydrogens (tertiary/aromatic N) is 2. The number of hydrogen-bond acceptors (Lipinski definition) is 4. The molecule has 6 heteroatoms. The van der Waals surface area contributed by atoms with Crippen molar-refractivity contribution in [3.05, 3.63) is 46.2 Å². The fourth-order valence-corrected chi connectivity index (χ4v) is 3.11. The highest BCUT2D eigenvalue weighted by molar-refractivity contribution is 9.10. The Morgan fingerprint density at radius 3 is 3.10 bits per heavy atom. The zero-order valence-corrected chi connectivity index (χ0v) is 13.3. The SMILES string of the molecule is COCCn1ncc(Br)c1C(O)C1Cc2ccccc2O1. The van der Waals surface area contributed by atoms with Crippen LogP contribution in [0.15, 0.2) is 34.9 Å². The van der Waals surface area contributed by atoms with Gasteiger partial charge in [-0.1, -0.05) is 18.2 Å². The molecule has 112 valence electrons. The third kappa shape index (κ3) is 2.84. The van der Waals surface area contributed by atoms with Gasteiger partial charge in [0.05, 0.1) is 29.5 Å². The molecular formula is C15H17BrN2O3. The van der Waals surface area contributed by atoms with Gasteiger partial charge in [-0.15, -0.1) is 0 Å². The first kappa shape index (κ1) is 14.6. The molecule has 0 saturated heterocycles. The molecule has 1 N–H and O–H groups in total. The van der Waals surface area contributed by atoms with E-state index in [0.29, 0.717) is 19.6 Å². The van der Waals surface area contributed by atoms with Gasteiger partial charge < -0.3 is 14.6 Å². The number of ether oxygens (including phenoxy) is 2. The summed E-state index contributed by atoms with van der Waals surface area (Å²) in [6, 6.07) is 7.88. The quantitative estimate of drug-likeness (QED) is 0.897. The third-order valence-electron chi connectivity index (χ3n) is 3.64. The number of hydrogen-bond donors (Lipinski definition) is 1. The van der Waals surface area contributed by atoms with Crippen LogP contribution in [0.1, 0.15) is 17.4 Å². The minimum atomic E-state index is -0.744. The molecule has 1 aromatic carbocycles. The Morgan fingerprint density at radius 2 is 2.33 bits per heavy atom. The standard InChI is InChI=1S/C15H17BrN2O3/c1-20-7-6-18-14(11(16)9-17-18)15(19)13-8-10-4-2-3-5-12(10)21-13/h2-5,9,13,15,19H,6-8H2,1H3. The maximum Gasteiger partial charge on any atom is 0.134 e. The number of para-hydroxylation sites is 1. The van der Waals surface area contributed by atoms with Crippen LogP contribution in [0.3, 0.4) is 0 Å². The van der Waals surface area contributed by atoms with Crippen LogP contribution in [0, 0.1) is 0 Å². The Bertz CT molecular complexity index is 604. The van der Waals surface area contributed by atoms with Crippen molar-refractivity contribution < 1.29 is 14.6 Å². The number of rotatable bonds is 5. The van der Waals surface area contributed by atoms with Crippen LogP contribution in [-0.4, -0.2) is 34.7 Å². The maximum atomic E-state index is 10.7. The van der Waals surface area contributed by atoms with Crippen molar-refractivity contribution in [2.45, 2.75) is 25.2 Å². The van der Waals surface area contributed by atoms with E-state index < -0.39 is 6.10 Å². The van der Waals surface area contributed by atoms with Gasteiger partial charge in [-0.05, 0) is 27.6 Å². The number of aromatic nitrogens is 2. The van der Waals surface area contributed by atoms with Crippen molar-refractivity contribution in [2.24, 2.45) is 0 Å². The van der Waals surface area contributed by atoms with Crippen LogP contribution in [0.25, 0.3) is 0 Å². The van der Waals surface area contributed by atoms with E-state index in [4.69, 9.17) is 9.47 Å². The van der Waals surface area contributed by atoms with Crippen molar-refractivity contribution >= 4 is 15.9 Å². The summed E-state index contributed by atoms with van der Waals surface area (Å²) in [5.74, 6) is 0.848. The van der Waals surface area contributed by atoms with E-state index in [1.807, 2.05) is 24.3 Å². The van der Waals surface area contributed by atoms with Crippen molar-refractivity contribution in [1.29, 1.82) is 0 Å². The molecule has 0 bridgehead atoms. The fourth-order valence-electron chi connectivity index (χ4n) is 2.58. The van der Waals surface area contributed by atoms with E-state index in [9.17, 15) is 5.11 Å². The van der Waals surface area contributed by atoms with Crippen molar-refractivity contribution in [3.63, 3.8) is 0 Å². The highest BCUT2D eigenvalue weighted by atomic mass is 79.9. The number of aliphatic hydroxyl groups excluding tert-OH is 1. The first-order valence-electron chi connectivity index (χ1n) is 6.83. The summed E-state index contributed by atoms with van der Waals surface area (Å²) in [4.78, 5) is 0. The lowest BCUT2D eigenvalue weighted by molar-refractivity contribution is 0.0412. The van der Waals surface area contributed by atoms with Crippen molar-refractivity contribution in [3.8, 4) is 5.75 Å². The molecule has 1 aliphatic rings. The van der Waals surface area contributed by atoms with Gasteiger partial charge in [-0.25, -0.2) is 0 Å². The number of fused-ring (bicyclic) bond motifs is 1. The van der Waals surface area contributed by atoms with Gasteiger partial charge in [-0.2, -0.15) is 5.10 Å². The molecule has 2 aromatic rings. The molecule has 0 fully saturated rings. The summed E-state index contributed by atoms with van der Waals surface area (Å²) < 4.78 is 13.5. The van der Waals surface area contributed by atoms with Crippen LogP contribution < -0.4 is 4.74 Å². The van der Waals surface area contributed by atoms with Gasteiger partial charge in [-0.3, -0.25) is 4.68 Å². The lowest BCUT2D eigenvalue weighted by atomic mass is 10.0. The van der Waals surface area contributed by atoms with Crippen LogP contribution in [0.2, 0.25) is 0 Å². The van der Waals surface area contributed by atoms with Crippen LogP contribution in [-0.2, 0) is 17.7 Å². The summed E-state index contributed by atoms with van der Waals surface area (Å²) in [6.07, 6.45) is 1.35. The summed E-state index contributed by atoms with van der Waals surface area (Å²) in [5.41, 5.74) is 1.85. The normalized spacial score (nSPS) is 18.3. The summed E-state index contributed by atoms with van der Waals surface area (Å²) in [5, 5.41) is 15.0. The van der Waals surface area contributed by atoms with Crippen LogP contribution in [0.5, 0.6) is 5.75 Å². The molecule has 0 radical (unpaired) electrons. The van der Waals surface area contributed by atoms with Crippen LogP contribution >= 0.6 is 15.9 Å². The second kappa shape index (κ2) is 6.17. The summed E-state index contributed by atoms with van der Waals surface area (Å²) in [7, 11) is 1.64. The summed E-state index contributed by atoms with van der Waals surface area (Å²) in [6.45, 7) is 1.13. The first-order valence-corrected chi connectivity index (χ1v) is 7.62. The Morgan fingerprint density at radius 1 is 1.52 bits per heavy atom. The minimum Gasteiger partial charge on any atom is -0.487 e. The average molecular weight is 353 g/mol. The molecule has 1 aliphatic heterocycles. The second-order valence-corrected chi connectivity index (χ2v) is 5.86. The van der Waals surface area contributed by atoms with Crippen LogP contribution in [0.4, 0.5) is 0 Å². The Hall–Kier alpha value is -1.37. The van der Waals surface area contributed by atoms with Gasteiger partial charge in [0, 0.05) is 13.5 Å². The van der Waals surface area contributed by atoms with Gasteiger partial charge in [0.25, 0.3) is 0 Å². The molecule has 2 unspecified atom stereocenters. The first-order chi connectivity index (χ1) is 10.2. The summed E-state index contributed by atoms with van der Waals surface area (Å²) >= 11 is 3.45. The molecule has 0 amide bonds. The predicted octanol–water partition coefficient (Wildman–Crippen LogP) is 2.33. The van der Waals surface area contributed by atoms with Gasteiger partial charge in [0.1, 0.15) is 18.0 Å². The van der Waals surface area contributed by atoms with E-state index in [2.05, 4.69) is 21.0 Å². The highest BCUT2D eigenvalue weighted by Crippen LogP contribution is 2.35. The third-order valence-corrected chi connectivity index (χ3v) is 4.26. The average Bonchev–Trinajstić information content (AvgIpc) is 3.08. The molecular weight excluding hydrogens is 336 g/mol. The van der Waals surface area contributed by atoms with Crippen molar-refractivity contribution in [2.75, 3.05) is 13.7 Å². The van der Waals surface area contributed by atoms with Gasteiger partial charge >= 0.3 is 0 Å². The number of benzene rings is 1. The van der Waals surface area contributed by atoms with Crippen molar-refractivity contribution in [1.82, 2.24) is 9.78 Å². The highest BCUT2D eigenvalue weighted by Gasteiger charge is 2.33. The molecule has 5 nitrogen and oxygen atoms in total. The van der Waals surface area contributed by atoms with E-state index in [0.717, 1.165) is 21.5 Å². The zero-order valence-electron chi connectivity index (χ0n) is 11.7. The topological polar surface area (TPSA) is 56.5 Å². The number of halogens is 1. The predicted molar refractivity (Wildman–Crippen MR) is 81.3 cm³/mol. The minimum absolute atomic E-state index is 0.295. The largest absolute Gasteiger partial charge is 0.487 e. The van der Waals surface area contributed by atoms with E-state index in [1.54, 1.807) is 18.0 Å². The van der Waals surface area contributed by atoms with Gasteiger partial charge in [0.15, 0.2) is 0 Å². The maximum absolute atomic E-state index is 10.7. The van der Waals surface area contributed by atoms with Gasteiger partial charge in [0.2, 0.25) is 0 Å². The smallest absolute Gasteiger partial charge is 0.134 e. The second-order valence-electron chi connectivity index (χ2n) is 5.01. The lowest BCUT2D eigenvalue weighted by Gasteiger charge is -2.20. The molecule has 2 atom stereocenters. The molecule has 0 spiro atoms. The Balaban J connectivity index is 1.80. The Kier molecular flexibility index (Phi) is 4.28. The molecule has 1 aromatic heterocycles.